The van der Waals surface area contributed by atoms with Crippen molar-refractivity contribution < 1.29 is 9.53 Å². The molecule has 1 aliphatic rings. The van der Waals surface area contributed by atoms with E-state index in [0.717, 1.165) is 6.42 Å². The van der Waals surface area contributed by atoms with Crippen LogP contribution in [0.5, 0.6) is 0 Å². The zero-order valence-electron chi connectivity index (χ0n) is 4.39. The molecule has 0 aromatic heterocycles. The molecular formula is C5H7ClO2. The Labute approximate surface area is 52.8 Å². The largest absolute Gasteiger partial charge is 0.381 e. The van der Waals surface area contributed by atoms with Crippen LogP contribution >= 0.6 is 11.6 Å². The third-order valence-electron chi connectivity index (χ3n) is 1.25. The van der Waals surface area contributed by atoms with Gasteiger partial charge in [0, 0.05) is 6.61 Å². The Morgan fingerprint density at radius 1 is 1.75 bits per heavy atom. The minimum atomic E-state index is -0.262. The summed E-state index contributed by atoms with van der Waals surface area (Å²) >= 11 is 5.17. The molecule has 1 atom stereocenters. The van der Waals surface area contributed by atoms with Crippen molar-refractivity contribution in [2.24, 2.45) is 5.92 Å². The molecule has 1 rings (SSSR count). The van der Waals surface area contributed by atoms with Crippen molar-refractivity contribution >= 4 is 16.8 Å². The van der Waals surface area contributed by atoms with E-state index in [1.54, 1.807) is 0 Å². The zero-order chi connectivity index (χ0) is 5.98. The Morgan fingerprint density at radius 2 is 2.50 bits per heavy atom. The molecule has 0 aromatic carbocycles. The Bertz CT molecular complexity index is 96.6. The van der Waals surface area contributed by atoms with Crippen molar-refractivity contribution in [3.8, 4) is 0 Å². The molecule has 1 fully saturated rings. The summed E-state index contributed by atoms with van der Waals surface area (Å²) in [4.78, 5) is 10.3. The van der Waals surface area contributed by atoms with Crippen molar-refractivity contribution in [1.82, 2.24) is 0 Å². The third kappa shape index (κ3) is 1.20. The fourth-order valence-corrected chi connectivity index (χ4v) is 0.886. The number of hydrogen-bond acceptors (Lipinski definition) is 2. The first-order valence-electron chi connectivity index (χ1n) is 2.58. The SMILES string of the molecule is O=C(Cl)[C@@H]1CCOC1. The van der Waals surface area contributed by atoms with E-state index >= 15 is 0 Å². The lowest BCUT2D eigenvalue weighted by Crippen LogP contribution is -2.06. The number of rotatable bonds is 1. The Morgan fingerprint density at radius 3 is 2.75 bits per heavy atom. The van der Waals surface area contributed by atoms with Gasteiger partial charge in [0.15, 0.2) is 0 Å². The lowest BCUT2D eigenvalue weighted by atomic mass is 10.1. The van der Waals surface area contributed by atoms with Crippen LogP contribution in [0.2, 0.25) is 0 Å². The highest BCUT2D eigenvalue weighted by molar-refractivity contribution is 6.64. The van der Waals surface area contributed by atoms with Crippen molar-refractivity contribution in [2.45, 2.75) is 6.42 Å². The van der Waals surface area contributed by atoms with E-state index < -0.39 is 0 Å². The maximum atomic E-state index is 10.3. The minimum absolute atomic E-state index is 0.0309. The molecule has 0 amide bonds. The third-order valence-corrected chi connectivity index (χ3v) is 1.56. The van der Waals surface area contributed by atoms with Crippen LogP contribution in [0.15, 0.2) is 0 Å². The van der Waals surface area contributed by atoms with Crippen molar-refractivity contribution in [2.75, 3.05) is 13.2 Å². The van der Waals surface area contributed by atoms with Gasteiger partial charge in [-0.3, -0.25) is 4.79 Å². The standard InChI is InChI=1S/C5H7ClO2/c6-5(7)4-1-2-8-3-4/h4H,1-3H2/t4-/m1/s1. The topological polar surface area (TPSA) is 26.3 Å². The van der Waals surface area contributed by atoms with Gasteiger partial charge >= 0.3 is 0 Å². The lowest BCUT2D eigenvalue weighted by Gasteiger charge is -1.94. The van der Waals surface area contributed by atoms with Crippen LogP contribution in [0.1, 0.15) is 6.42 Å². The zero-order valence-corrected chi connectivity index (χ0v) is 5.15. The molecular weight excluding hydrogens is 128 g/mol. The van der Waals surface area contributed by atoms with Crippen LogP contribution in [0.3, 0.4) is 0 Å². The van der Waals surface area contributed by atoms with E-state index in [-0.39, 0.29) is 11.2 Å². The van der Waals surface area contributed by atoms with Gasteiger partial charge in [0.25, 0.3) is 0 Å². The molecule has 1 heterocycles. The van der Waals surface area contributed by atoms with Crippen LogP contribution in [0.4, 0.5) is 0 Å². The van der Waals surface area contributed by atoms with Crippen LogP contribution in [-0.2, 0) is 9.53 Å². The summed E-state index contributed by atoms with van der Waals surface area (Å²) in [6, 6.07) is 0. The molecule has 0 bridgehead atoms. The molecule has 8 heavy (non-hydrogen) atoms. The molecule has 0 spiro atoms. The number of carbonyl (C=O) groups is 1. The quantitative estimate of drug-likeness (QED) is 0.496. The summed E-state index contributed by atoms with van der Waals surface area (Å²) in [7, 11) is 0. The number of carbonyl (C=O) groups excluding carboxylic acids is 1. The molecule has 3 heteroatoms. The van der Waals surface area contributed by atoms with E-state index in [1.165, 1.54) is 0 Å². The second kappa shape index (κ2) is 2.46. The van der Waals surface area contributed by atoms with E-state index in [9.17, 15) is 4.79 Å². The van der Waals surface area contributed by atoms with Crippen LogP contribution in [0, 0.1) is 5.92 Å². The monoisotopic (exact) mass is 134 g/mol. The van der Waals surface area contributed by atoms with E-state index in [0.29, 0.717) is 13.2 Å². The first-order valence-corrected chi connectivity index (χ1v) is 2.95. The second-order valence-corrected chi connectivity index (χ2v) is 2.24. The number of halogens is 1. The summed E-state index contributed by atoms with van der Waals surface area (Å²) in [5, 5.41) is -0.262. The summed E-state index contributed by atoms with van der Waals surface area (Å²) in [6.45, 7) is 1.20. The van der Waals surface area contributed by atoms with Crippen LogP contribution in [0.25, 0.3) is 0 Å². The maximum Gasteiger partial charge on any atom is 0.227 e. The predicted octanol–water partition coefficient (Wildman–Crippen LogP) is 0.788. The number of ether oxygens (including phenoxy) is 1. The van der Waals surface area contributed by atoms with Gasteiger partial charge < -0.3 is 4.74 Å². The highest BCUT2D eigenvalue weighted by Gasteiger charge is 2.20. The molecule has 0 saturated carbocycles. The molecule has 0 unspecified atom stereocenters. The molecule has 0 radical (unpaired) electrons. The molecule has 0 aromatic rings. The molecule has 0 N–H and O–H groups in total. The molecule has 1 saturated heterocycles. The van der Waals surface area contributed by atoms with Gasteiger partial charge in [0.2, 0.25) is 5.24 Å². The van der Waals surface area contributed by atoms with Crippen molar-refractivity contribution in [1.29, 1.82) is 0 Å². The van der Waals surface area contributed by atoms with Gasteiger partial charge in [-0.25, -0.2) is 0 Å². The van der Waals surface area contributed by atoms with E-state index in [4.69, 9.17) is 16.3 Å². The Hall–Kier alpha value is -0.0800. The average molecular weight is 135 g/mol. The fourth-order valence-electron chi connectivity index (χ4n) is 0.714. The summed E-state index contributed by atoms with van der Waals surface area (Å²) in [5.41, 5.74) is 0. The smallest absolute Gasteiger partial charge is 0.227 e. The van der Waals surface area contributed by atoms with Crippen molar-refractivity contribution in [3.63, 3.8) is 0 Å². The first-order chi connectivity index (χ1) is 3.80. The molecule has 0 aliphatic carbocycles. The number of hydrogen-bond donors (Lipinski definition) is 0. The van der Waals surface area contributed by atoms with Gasteiger partial charge in [0.05, 0.1) is 12.5 Å². The normalized spacial score (nSPS) is 28.4. The van der Waals surface area contributed by atoms with E-state index in [2.05, 4.69) is 0 Å². The maximum absolute atomic E-state index is 10.3. The Balaban J connectivity index is 2.35. The van der Waals surface area contributed by atoms with Crippen LogP contribution in [-0.4, -0.2) is 18.5 Å². The molecule has 46 valence electrons. The second-order valence-electron chi connectivity index (χ2n) is 1.86. The highest BCUT2D eigenvalue weighted by atomic mass is 35.5. The predicted molar refractivity (Wildman–Crippen MR) is 29.8 cm³/mol. The molecule has 2 nitrogen and oxygen atoms in total. The van der Waals surface area contributed by atoms with E-state index in [1.807, 2.05) is 0 Å². The van der Waals surface area contributed by atoms with Crippen LogP contribution < -0.4 is 0 Å². The molecule has 1 aliphatic heterocycles. The summed E-state index contributed by atoms with van der Waals surface area (Å²) in [6.07, 6.45) is 0.794. The summed E-state index contributed by atoms with van der Waals surface area (Å²) in [5.74, 6) is -0.0309. The first kappa shape index (κ1) is 6.05. The van der Waals surface area contributed by atoms with Gasteiger partial charge in [-0.2, -0.15) is 0 Å². The Kier molecular flexibility index (Phi) is 1.86. The van der Waals surface area contributed by atoms with Crippen molar-refractivity contribution in [3.05, 3.63) is 0 Å². The minimum Gasteiger partial charge on any atom is -0.381 e. The lowest BCUT2D eigenvalue weighted by molar-refractivity contribution is -0.115. The van der Waals surface area contributed by atoms with Gasteiger partial charge in [-0.05, 0) is 18.0 Å². The van der Waals surface area contributed by atoms with Gasteiger partial charge in [0.1, 0.15) is 0 Å². The fraction of sp³-hybridized carbons (Fsp3) is 0.800. The van der Waals surface area contributed by atoms with Gasteiger partial charge in [-0.15, -0.1) is 0 Å². The highest BCUT2D eigenvalue weighted by Crippen LogP contribution is 2.14. The summed E-state index contributed by atoms with van der Waals surface area (Å²) < 4.78 is 4.91. The van der Waals surface area contributed by atoms with Gasteiger partial charge in [-0.1, -0.05) is 0 Å². The average Bonchev–Trinajstić information content (AvgIpc) is 2.12.